The molecule has 2 saturated heterocycles. The van der Waals surface area contributed by atoms with Crippen molar-refractivity contribution in [2.24, 2.45) is 0 Å². The van der Waals surface area contributed by atoms with Crippen molar-refractivity contribution in [1.29, 1.82) is 0 Å². The van der Waals surface area contributed by atoms with Crippen LogP contribution in [0.5, 0.6) is 23.0 Å². The van der Waals surface area contributed by atoms with Gasteiger partial charge >= 0.3 is 0 Å². The molecule has 6 heterocycles. The van der Waals surface area contributed by atoms with E-state index in [1.165, 1.54) is 51.9 Å². The smallest absolute Gasteiger partial charge is 0.179 e. The van der Waals surface area contributed by atoms with Gasteiger partial charge < -0.3 is 50.4 Å². The van der Waals surface area contributed by atoms with Crippen LogP contribution in [-0.2, 0) is 0 Å². The highest BCUT2D eigenvalue weighted by molar-refractivity contribution is 6.29. The van der Waals surface area contributed by atoms with Crippen LogP contribution in [0.15, 0.2) is 48.8 Å². The van der Waals surface area contributed by atoms with E-state index in [9.17, 15) is 0 Å². The molecule has 0 radical (unpaired) electrons. The average Bonchev–Trinajstić information content (AvgIpc) is 3.90. The van der Waals surface area contributed by atoms with Gasteiger partial charge in [0.1, 0.15) is 22.6 Å². The van der Waals surface area contributed by atoms with Crippen molar-refractivity contribution >= 4 is 40.4 Å². The molecule has 0 atom stereocenters. The van der Waals surface area contributed by atoms with Crippen LogP contribution >= 0.6 is 11.6 Å². The van der Waals surface area contributed by atoms with Crippen LogP contribution in [0.1, 0.15) is 49.9 Å². The third-order valence-electron chi connectivity index (χ3n) is 8.98. The number of halogens is 1. The van der Waals surface area contributed by atoms with Crippen LogP contribution in [-0.4, -0.2) is 111 Å². The second kappa shape index (κ2) is 23.2. The second-order valence-electron chi connectivity index (χ2n) is 13.3. The molecule has 0 bridgehead atoms. The molecule has 6 rings (SSSR count). The normalized spacial score (nSPS) is 13.9. The Labute approximate surface area is 331 Å². The Kier molecular flexibility index (Phi) is 18.1. The van der Waals surface area contributed by atoms with E-state index in [1.54, 1.807) is 38.7 Å². The Bertz CT molecular complexity index is 1720. The first kappa shape index (κ1) is 42.9. The number of anilines is 5. The molecule has 2 fully saturated rings. The number of nitrogens with zero attached hydrogens (tertiary/aromatic N) is 6. The van der Waals surface area contributed by atoms with Crippen LogP contribution in [0.2, 0.25) is 5.15 Å². The van der Waals surface area contributed by atoms with E-state index < -0.39 is 0 Å². The van der Waals surface area contributed by atoms with Gasteiger partial charge in [0.05, 0.1) is 39.8 Å². The molecule has 0 spiro atoms. The van der Waals surface area contributed by atoms with Crippen molar-refractivity contribution in [2.75, 3.05) is 102 Å². The zero-order valence-corrected chi connectivity index (χ0v) is 34.0. The number of nitrogens with one attached hydrogen (secondary N) is 3. The lowest BCUT2D eigenvalue weighted by molar-refractivity contribution is 0.254. The highest BCUT2D eigenvalue weighted by Crippen LogP contribution is 2.30. The summed E-state index contributed by atoms with van der Waals surface area (Å²) in [5, 5.41) is 9.89. The molecule has 5 N–H and O–H groups in total. The Morgan fingerprint density at radius 3 is 1.69 bits per heavy atom. The zero-order chi connectivity index (χ0) is 39.4. The molecule has 300 valence electrons. The van der Waals surface area contributed by atoms with E-state index in [2.05, 4.69) is 45.7 Å². The summed E-state index contributed by atoms with van der Waals surface area (Å²) < 4.78 is 22.2. The number of hydrogen-bond acceptors (Lipinski definition) is 14. The fourth-order valence-electron chi connectivity index (χ4n) is 6.20. The second-order valence-corrected chi connectivity index (χ2v) is 13.7. The maximum Gasteiger partial charge on any atom is 0.179 e. The minimum absolute atomic E-state index is 0.449. The Hall–Kier alpha value is -4.79. The molecule has 55 heavy (non-hydrogen) atoms. The maximum absolute atomic E-state index is 5.97. The first-order valence-corrected chi connectivity index (χ1v) is 19.4. The number of ether oxygens (including phenoxy) is 4. The van der Waals surface area contributed by atoms with Gasteiger partial charge in [-0.3, -0.25) is 0 Å². The van der Waals surface area contributed by atoms with Crippen molar-refractivity contribution in [2.45, 2.75) is 52.4 Å². The molecular weight excluding hydrogens is 720 g/mol. The summed E-state index contributed by atoms with van der Waals surface area (Å²) in [6.07, 6.45) is 10.6. The summed E-state index contributed by atoms with van der Waals surface area (Å²) in [6.45, 7) is 12.3. The lowest BCUT2D eigenvalue weighted by atomic mass is 10.3. The number of pyridine rings is 4. The van der Waals surface area contributed by atoms with Gasteiger partial charge in [0, 0.05) is 68.1 Å². The van der Waals surface area contributed by atoms with Crippen LogP contribution < -0.4 is 40.6 Å². The fourth-order valence-corrected chi connectivity index (χ4v) is 6.45. The summed E-state index contributed by atoms with van der Waals surface area (Å²) >= 11 is 5.68. The summed E-state index contributed by atoms with van der Waals surface area (Å²) in [7, 11) is 6.97. The third-order valence-corrected chi connectivity index (χ3v) is 9.18. The molecule has 4 aromatic heterocycles. The van der Waals surface area contributed by atoms with E-state index in [0.29, 0.717) is 53.0 Å². The molecule has 0 aromatic carbocycles. The molecule has 14 nitrogen and oxygen atoms in total. The van der Waals surface area contributed by atoms with Crippen molar-refractivity contribution in [3.63, 3.8) is 0 Å². The quantitative estimate of drug-likeness (QED) is 0.0677. The molecule has 0 unspecified atom stereocenters. The SMILES string of the molecule is CNc1cc(C)nc(Cl)c1.CNc1cc(C)nc(Nc2cc(OCCCN3CCCC3)c(OC)cn2)c1.COc1cnc(N)cc1OCCCN1CCCC1. The van der Waals surface area contributed by atoms with E-state index >= 15 is 0 Å². The topological polar surface area (TPSA) is 157 Å². The molecule has 0 aliphatic carbocycles. The number of aryl methyl sites for hydroxylation is 2. The molecule has 0 saturated carbocycles. The predicted molar refractivity (Wildman–Crippen MR) is 223 cm³/mol. The van der Waals surface area contributed by atoms with Crippen molar-refractivity contribution < 1.29 is 18.9 Å². The number of nitrogen functional groups attached to an aromatic ring is 1. The van der Waals surface area contributed by atoms with Gasteiger partial charge in [0.25, 0.3) is 0 Å². The fraction of sp³-hybridized carbons (Fsp3) is 0.500. The minimum atomic E-state index is 0.449. The van der Waals surface area contributed by atoms with E-state index in [0.717, 1.165) is 54.5 Å². The van der Waals surface area contributed by atoms with Gasteiger partial charge in [-0.25, -0.2) is 19.9 Å². The molecule has 15 heteroatoms. The van der Waals surface area contributed by atoms with Crippen LogP contribution in [0, 0.1) is 13.8 Å². The highest BCUT2D eigenvalue weighted by Gasteiger charge is 2.13. The lowest BCUT2D eigenvalue weighted by Gasteiger charge is -2.16. The Morgan fingerprint density at radius 1 is 0.655 bits per heavy atom. The highest BCUT2D eigenvalue weighted by atomic mass is 35.5. The molecule has 2 aliphatic rings. The number of likely N-dealkylation sites (tertiary alicyclic amines) is 2. The van der Waals surface area contributed by atoms with Gasteiger partial charge in [-0.2, -0.15) is 0 Å². The number of aromatic nitrogens is 4. The first-order chi connectivity index (χ1) is 26.7. The molecule has 2 aliphatic heterocycles. The van der Waals surface area contributed by atoms with Gasteiger partial charge in [0.2, 0.25) is 0 Å². The summed E-state index contributed by atoms with van der Waals surface area (Å²) in [5.41, 5.74) is 9.48. The van der Waals surface area contributed by atoms with E-state index in [1.807, 2.05) is 52.2 Å². The number of methoxy groups -OCH3 is 2. The molecule has 4 aromatic rings. The van der Waals surface area contributed by atoms with Crippen molar-refractivity contribution in [1.82, 2.24) is 29.7 Å². The third kappa shape index (κ3) is 15.1. The Morgan fingerprint density at radius 2 is 1.16 bits per heavy atom. The van der Waals surface area contributed by atoms with Crippen LogP contribution in [0.3, 0.4) is 0 Å². The first-order valence-electron chi connectivity index (χ1n) is 19.0. The Balaban J connectivity index is 0.000000205. The number of nitrogens with two attached hydrogens (primary N) is 1. The van der Waals surface area contributed by atoms with Gasteiger partial charge in [0.15, 0.2) is 23.0 Å². The molecular formula is C40H59ClN10O4. The standard InChI is InChI=1S/C20H29N5O2.C13H21N3O2.C7H9ClN2/c1-15-11-16(21-2)12-20(23-15)24-19-13-17(18(26-3)14-22-19)27-10-6-9-25-7-4-5-8-25;1-17-12-10-15-13(14)9-11(12)18-8-4-7-16-5-2-3-6-16;1-5-3-6(9-2)4-7(8)10-5/h11-14H,4-10H2,1-3H3,(H2,21,22,23,24);9-10H,2-8H2,1H3,(H2,14,15);3-4H,1-2H3,(H,9,10). The minimum Gasteiger partial charge on any atom is -0.491 e. The lowest BCUT2D eigenvalue weighted by Crippen LogP contribution is -2.22. The van der Waals surface area contributed by atoms with Gasteiger partial charge in [-0.1, -0.05) is 11.6 Å². The van der Waals surface area contributed by atoms with Crippen molar-refractivity contribution in [3.8, 4) is 23.0 Å². The van der Waals surface area contributed by atoms with Crippen LogP contribution in [0.4, 0.5) is 28.8 Å². The van der Waals surface area contributed by atoms with Crippen molar-refractivity contribution in [3.05, 3.63) is 65.3 Å². The summed E-state index contributed by atoms with van der Waals surface area (Å²) in [5.74, 6) is 4.48. The monoisotopic (exact) mass is 778 g/mol. The average molecular weight is 779 g/mol. The molecule has 0 amide bonds. The van der Waals surface area contributed by atoms with Gasteiger partial charge in [-0.15, -0.1) is 0 Å². The summed E-state index contributed by atoms with van der Waals surface area (Å²) in [6, 6.07) is 11.2. The predicted octanol–water partition coefficient (Wildman–Crippen LogP) is 7.07. The van der Waals surface area contributed by atoms with Gasteiger partial charge in [-0.05, 0) is 96.8 Å². The van der Waals surface area contributed by atoms with E-state index in [4.69, 9.17) is 36.3 Å². The van der Waals surface area contributed by atoms with E-state index in [-0.39, 0.29) is 0 Å². The largest absolute Gasteiger partial charge is 0.491 e. The number of hydrogen-bond donors (Lipinski definition) is 4. The van der Waals surface area contributed by atoms with Crippen LogP contribution in [0.25, 0.3) is 0 Å². The summed E-state index contributed by atoms with van der Waals surface area (Å²) in [4.78, 5) is 21.8. The number of rotatable bonds is 16. The zero-order valence-electron chi connectivity index (χ0n) is 33.3. The maximum atomic E-state index is 5.97.